The van der Waals surface area contributed by atoms with Crippen molar-refractivity contribution in [3.05, 3.63) is 35.4 Å². The van der Waals surface area contributed by atoms with Crippen LogP contribution < -0.4 is 11.1 Å². The van der Waals surface area contributed by atoms with Gasteiger partial charge in [-0.1, -0.05) is 13.0 Å². The average Bonchev–Trinajstić information content (AvgIpc) is 2.83. The van der Waals surface area contributed by atoms with Crippen LogP contribution >= 0.6 is 0 Å². The first kappa shape index (κ1) is 14.9. The Morgan fingerprint density at radius 2 is 2.20 bits per heavy atom. The van der Waals surface area contributed by atoms with E-state index in [9.17, 15) is 13.6 Å². The predicted octanol–water partition coefficient (Wildman–Crippen LogP) is 2.66. The van der Waals surface area contributed by atoms with E-state index in [2.05, 4.69) is 5.32 Å². The minimum absolute atomic E-state index is 0.0772. The summed E-state index contributed by atoms with van der Waals surface area (Å²) >= 11 is 0. The summed E-state index contributed by atoms with van der Waals surface area (Å²) in [6.45, 7) is 1.86. The highest BCUT2D eigenvalue weighted by Gasteiger charge is 2.29. The predicted molar refractivity (Wildman–Crippen MR) is 72.8 cm³/mol. The maximum atomic E-state index is 13.8. The van der Waals surface area contributed by atoms with Crippen molar-refractivity contribution in [2.45, 2.75) is 44.7 Å². The molecular formula is C15H20F2N2O. The van der Waals surface area contributed by atoms with Gasteiger partial charge in [0.15, 0.2) is 0 Å². The molecule has 3 atom stereocenters. The van der Waals surface area contributed by atoms with Crippen LogP contribution in [0.1, 0.15) is 44.2 Å². The Labute approximate surface area is 117 Å². The van der Waals surface area contributed by atoms with Crippen LogP contribution in [0.3, 0.4) is 0 Å². The first-order chi connectivity index (χ1) is 9.51. The lowest BCUT2D eigenvalue weighted by Gasteiger charge is -2.20. The largest absolute Gasteiger partial charge is 0.349 e. The maximum absolute atomic E-state index is 13.8. The van der Waals surface area contributed by atoms with Crippen LogP contribution in [0.2, 0.25) is 0 Å². The van der Waals surface area contributed by atoms with Crippen molar-refractivity contribution in [1.82, 2.24) is 5.32 Å². The van der Waals surface area contributed by atoms with Gasteiger partial charge in [0.05, 0.1) is 6.04 Å². The van der Waals surface area contributed by atoms with Crippen molar-refractivity contribution in [2.75, 3.05) is 0 Å². The van der Waals surface area contributed by atoms with E-state index >= 15 is 0 Å². The molecule has 0 radical (unpaired) electrons. The van der Waals surface area contributed by atoms with Gasteiger partial charge in [0.1, 0.15) is 11.6 Å². The number of benzene rings is 1. The Morgan fingerprint density at radius 3 is 2.75 bits per heavy atom. The van der Waals surface area contributed by atoms with Crippen LogP contribution in [0.15, 0.2) is 18.2 Å². The molecule has 1 aromatic carbocycles. The second kappa shape index (κ2) is 6.31. The highest BCUT2D eigenvalue weighted by Crippen LogP contribution is 2.26. The first-order valence-corrected chi connectivity index (χ1v) is 7.02. The number of hydrogen-bond donors (Lipinski definition) is 2. The van der Waals surface area contributed by atoms with Gasteiger partial charge in [0.25, 0.3) is 0 Å². The zero-order chi connectivity index (χ0) is 14.7. The number of halogens is 2. The Morgan fingerprint density at radius 1 is 1.45 bits per heavy atom. The molecule has 1 aromatic rings. The normalized spacial score (nSPS) is 23.6. The average molecular weight is 282 g/mol. The SMILES string of the molecule is CCC(NC(=O)C1CCC(N)C1)c1ccc(F)cc1F. The van der Waals surface area contributed by atoms with Crippen LogP contribution in [-0.2, 0) is 4.79 Å². The monoisotopic (exact) mass is 282 g/mol. The molecule has 0 bridgehead atoms. The summed E-state index contributed by atoms with van der Waals surface area (Å²) in [5.74, 6) is -1.43. The second-order valence-corrected chi connectivity index (χ2v) is 5.41. The zero-order valence-electron chi connectivity index (χ0n) is 11.5. The van der Waals surface area contributed by atoms with Crippen molar-refractivity contribution in [3.63, 3.8) is 0 Å². The Bertz CT molecular complexity index is 493. The molecule has 2 rings (SSSR count). The van der Waals surface area contributed by atoms with E-state index in [1.54, 1.807) is 0 Å². The van der Waals surface area contributed by atoms with Gasteiger partial charge < -0.3 is 11.1 Å². The molecule has 0 heterocycles. The molecule has 3 N–H and O–H groups in total. The standard InChI is InChI=1S/C15H20F2N2O/c1-2-14(12-6-4-10(16)8-13(12)17)19-15(20)9-3-5-11(18)7-9/h4,6,8-9,11,14H,2-3,5,7,18H2,1H3,(H,19,20). The number of rotatable bonds is 4. The lowest BCUT2D eigenvalue weighted by Crippen LogP contribution is -2.34. The molecule has 0 spiro atoms. The van der Waals surface area contributed by atoms with Crippen molar-refractivity contribution in [1.29, 1.82) is 0 Å². The molecular weight excluding hydrogens is 262 g/mol. The van der Waals surface area contributed by atoms with Gasteiger partial charge in [-0.15, -0.1) is 0 Å². The highest BCUT2D eigenvalue weighted by molar-refractivity contribution is 5.79. The number of amides is 1. The number of nitrogens with two attached hydrogens (primary N) is 1. The lowest BCUT2D eigenvalue weighted by molar-refractivity contribution is -0.125. The van der Waals surface area contributed by atoms with E-state index in [4.69, 9.17) is 5.73 Å². The minimum atomic E-state index is -0.625. The van der Waals surface area contributed by atoms with Crippen molar-refractivity contribution in [3.8, 4) is 0 Å². The fourth-order valence-electron chi connectivity index (χ4n) is 2.73. The van der Waals surface area contributed by atoms with E-state index in [1.165, 1.54) is 12.1 Å². The van der Waals surface area contributed by atoms with Crippen LogP contribution in [0, 0.1) is 17.6 Å². The van der Waals surface area contributed by atoms with Crippen molar-refractivity contribution in [2.24, 2.45) is 11.7 Å². The van der Waals surface area contributed by atoms with Gasteiger partial charge in [-0.3, -0.25) is 4.79 Å². The summed E-state index contributed by atoms with van der Waals surface area (Å²) in [5.41, 5.74) is 6.12. The van der Waals surface area contributed by atoms with E-state index in [-0.39, 0.29) is 17.9 Å². The topological polar surface area (TPSA) is 55.1 Å². The molecule has 20 heavy (non-hydrogen) atoms. The van der Waals surface area contributed by atoms with Gasteiger partial charge in [-0.2, -0.15) is 0 Å². The van der Waals surface area contributed by atoms with Crippen LogP contribution in [0.4, 0.5) is 8.78 Å². The Kier molecular flexibility index (Phi) is 4.70. The summed E-state index contributed by atoms with van der Waals surface area (Å²) in [6, 6.07) is 3.08. The number of nitrogens with one attached hydrogen (secondary N) is 1. The van der Waals surface area contributed by atoms with Gasteiger partial charge in [0.2, 0.25) is 5.91 Å². The Hall–Kier alpha value is -1.49. The third kappa shape index (κ3) is 3.33. The summed E-state index contributed by atoms with van der Waals surface area (Å²) in [5, 5.41) is 2.85. The van der Waals surface area contributed by atoms with Crippen molar-refractivity contribution >= 4 is 5.91 Å². The van der Waals surface area contributed by atoms with Gasteiger partial charge in [-0.25, -0.2) is 8.78 Å². The van der Waals surface area contributed by atoms with E-state index in [0.29, 0.717) is 18.4 Å². The van der Waals surface area contributed by atoms with E-state index in [0.717, 1.165) is 18.9 Å². The fraction of sp³-hybridized carbons (Fsp3) is 0.533. The minimum Gasteiger partial charge on any atom is -0.349 e. The molecule has 1 aliphatic carbocycles. The van der Waals surface area contributed by atoms with E-state index < -0.39 is 17.7 Å². The Balaban J connectivity index is 2.07. The number of hydrogen-bond acceptors (Lipinski definition) is 2. The van der Waals surface area contributed by atoms with Gasteiger partial charge in [0, 0.05) is 23.6 Å². The zero-order valence-corrected chi connectivity index (χ0v) is 11.5. The summed E-state index contributed by atoms with van der Waals surface area (Å²) < 4.78 is 26.7. The summed E-state index contributed by atoms with van der Waals surface area (Å²) in [6.07, 6.45) is 2.84. The van der Waals surface area contributed by atoms with Crippen LogP contribution in [0.25, 0.3) is 0 Å². The number of carbonyl (C=O) groups excluding carboxylic acids is 1. The first-order valence-electron chi connectivity index (χ1n) is 7.02. The molecule has 1 aliphatic rings. The number of carbonyl (C=O) groups is 1. The molecule has 3 nitrogen and oxygen atoms in total. The quantitative estimate of drug-likeness (QED) is 0.892. The maximum Gasteiger partial charge on any atom is 0.223 e. The molecule has 110 valence electrons. The molecule has 0 aliphatic heterocycles. The van der Waals surface area contributed by atoms with Gasteiger partial charge >= 0.3 is 0 Å². The molecule has 5 heteroatoms. The molecule has 1 saturated carbocycles. The third-order valence-corrected chi connectivity index (χ3v) is 3.91. The molecule has 3 unspecified atom stereocenters. The highest BCUT2D eigenvalue weighted by atomic mass is 19.1. The van der Waals surface area contributed by atoms with Crippen LogP contribution in [-0.4, -0.2) is 11.9 Å². The molecule has 0 aromatic heterocycles. The van der Waals surface area contributed by atoms with E-state index in [1.807, 2.05) is 6.92 Å². The smallest absolute Gasteiger partial charge is 0.223 e. The molecule has 1 fully saturated rings. The van der Waals surface area contributed by atoms with Gasteiger partial charge in [-0.05, 0) is 31.7 Å². The second-order valence-electron chi connectivity index (χ2n) is 5.41. The summed E-state index contributed by atoms with van der Waals surface area (Å²) in [4.78, 5) is 12.1. The molecule has 0 saturated heterocycles. The summed E-state index contributed by atoms with van der Waals surface area (Å²) in [7, 11) is 0. The third-order valence-electron chi connectivity index (χ3n) is 3.91. The van der Waals surface area contributed by atoms with Crippen molar-refractivity contribution < 1.29 is 13.6 Å². The fourth-order valence-corrected chi connectivity index (χ4v) is 2.73. The van der Waals surface area contributed by atoms with Crippen LogP contribution in [0.5, 0.6) is 0 Å². The molecule has 1 amide bonds. The lowest BCUT2D eigenvalue weighted by atomic mass is 10.0.